The molecule has 1 aromatic rings. The molecule has 4 nitrogen and oxygen atoms in total. The number of aliphatic hydroxyl groups is 1. The number of hydrogen-bond acceptors (Lipinski definition) is 4. The Morgan fingerprint density at radius 2 is 2.11 bits per heavy atom. The number of benzene rings is 1. The Kier molecular flexibility index (Phi) is 3.26. The average Bonchev–Trinajstić information content (AvgIpc) is 2.61. The maximum Gasteiger partial charge on any atom is 0.199 e. The third kappa shape index (κ3) is 1.93. The van der Waals surface area contributed by atoms with Crippen LogP contribution in [0.3, 0.4) is 0 Å². The van der Waals surface area contributed by atoms with Gasteiger partial charge in [-0.05, 0) is 12.5 Å². The van der Waals surface area contributed by atoms with Crippen LogP contribution in [0.25, 0.3) is 0 Å². The highest BCUT2D eigenvalue weighted by Crippen LogP contribution is 2.46. The predicted octanol–water partition coefficient (Wildman–Crippen LogP) is 1.64. The lowest BCUT2D eigenvalue weighted by Crippen LogP contribution is -2.33. The summed E-state index contributed by atoms with van der Waals surface area (Å²) in [5, 5.41) is 18.4. The summed E-state index contributed by atoms with van der Waals surface area (Å²) in [6, 6.07) is 11.8. The van der Waals surface area contributed by atoms with Crippen molar-refractivity contribution in [1.29, 1.82) is 5.26 Å². The van der Waals surface area contributed by atoms with Gasteiger partial charge in [-0.15, -0.1) is 0 Å². The maximum absolute atomic E-state index is 9.24. The van der Waals surface area contributed by atoms with E-state index in [1.807, 2.05) is 37.3 Å². The number of hydrogen-bond donors (Lipinski definition) is 2. The summed E-state index contributed by atoms with van der Waals surface area (Å²) >= 11 is 0. The van der Waals surface area contributed by atoms with E-state index in [1.165, 1.54) is 0 Å². The number of aliphatic hydroxyl groups excluding tert-OH is 1. The van der Waals surface area contributed by atoms with E-state index in [4.69, 9.17) is 10.5 Å². The largest absolute Gasteiger partial charge is 0.471 e. The Morgan fingerprint density at radius 1 is 1.44 bits per heavy atom. The van der Waals surface area contributed by atoms with Gasteiger partial charge in [0.05, 0.1) is 5.92 Å². The Balaban J connectivity index is 2.47. The molecule has 4 heteroatoms. The molecule has 1 aliphatic rings. The van der Waals surface area contributed by atoms with Crippen LogP contribution >= 0.6 is 0 Å². The standard InChI is InChI=1S/C14H16N2O2/c1-14(7-8-17)12(10-5-3-2-4-6-10)11(9-15)13(16)18-14/h2-6,12,17H,7-8,16H2,1H3. The van der Waals surface area contributed by atoms with Gasteiger partial charge < -0.3 is 15.6 Å². The van der Waals surface area contributed by atoms with Crippen LogP contribution in [0.1, 0.15) is 24.8 Å². The van der Waals surface area contributed by atoms with Crippen molar-refractivity contribution in [2.75, 3.05) is 6.61 Å². The van der Waals surface area contributed by atoms with Gasteiger partial charge in [0.15, 0.2) is 5.88 Å². The van der Waals surface area contributed by atoms with Crippen molar-refractivity contribution in [3.05, 3.63) is 47.4 Å². The lowest BCUT2D eigenvalue weighted by atomic mass is 9.78. The fourth-order valence-corrected chi connectivity index (χ4v) is 2.51. The summed E-state index contributed by atoms with van der Waals surface area (Å²) in [6.45, 7) is 1.86. The van der Waals surface area contributed by atoms with Gasteiger partial charge in [-0.25, -0.2) is 0 Å². The Hall–Kier alpha value is -1.99. The smallest absolute Gasteiger partial charge is 0.199 e. The zero-order valence-electron chi connectivity index (χ0n) is 10.3. The van der Waals surface area contributed by atoms with E-state index in [0.29, 0.717) is 12.0 Å². The molecule has 1 aliphatic heterocycles. The molecule has 18 heavy (non-hydrogen) atoms. The molecule has 2 unspecified atom stereocenters. The van der Waals surface area contributed by atoms with Crippen LogP contribution in [-0.4, -0.2) is 17.3 Å². The van der Waals surface area contributed by atoms with E-state index >= 15 is 0 Å². The fraction of sp³-hybridized carbons (Fsp3) is 0.357. The Labute approximate surface area is 106 Å². The van der Waals surface area contributed by atoms with E-state index in [1.54, 1.807) is 0 Å². The van der Waals surface area contributed by atoms with Gasteiger partial charge in [-0.2, -0.15) is 5.26 Å². The van der Waals surface area contributed by atoms with Gasteiger partial charge in [-0.3, -0.25) is 0 Å². The first-order valence-corrected chi connectivity index (χ1v) is 5.87. The minimum Gasteiger partial charge on any atom is -0.471 e. The first-order valence-electron chi connectivity index (χ1n) is 5.87. The molecule has 0 radical (unpaired) electrons. The van der Waals surface area contributed by atoms with Crippen molar-refractivity contribution in [1.82, 2.24) is 0 Å². The summed E-state index contributed by atoms with van der Waals surface area (Å²) in [4.78, 5) is 0. The highest BCUT2D eigenvalue weighted by molar-refractivity contribution is 5.44. The van der Waals surface area contributed by atoms with Gasteiger partial charge in [-0.1, -0.05) is 30.3 Å². The van der Waals surface area contributed by atoms with Crippen LogP contribution in [-0.2, 0) is 4.74 Å². The zero-order valence-corrected chi connectivity index (χ0v) is 10.3. The number of nitrogens with zero attached hydrogens (tertiary/aromatic N) is 1. The summed E-state index contributed by atoms with van der Waals surface area (Å²) in [5.41, 5.74) is 6.53. The van der Waals surface area contributed by atoms with Crippen LogP contribution in [0.15, 0.2) is 41.8 Å². The van der Waals surface area contributed by atoms with Gasteiger partial charge in [0.25, 0.3) is 0 Å². The minimum atomic E-state index is -0.661. The topological polar surface area (TPSA) is 79.3 Å². The molecule has 3 N–H and O–H groups in total. The van der Waals surface area contributed by atoms with Crippen molar-refractivity contribution in [3.63, 3.8) is 0 Å². The molecule has 0 saturated heterocycles. The summed E-state index contributed by atoms with van der Waals surface area (Å²) in [6.07, 6.45) is 0.429. The number of nitriles is 1. The van der Waals surface area contributed by atoms with Crippen LogP contribution < -0.4 is 5.73 Å². The van der Waals surface area contributed by atoms with Crippen LogP contribution in [0, 0.1) is 11.3 Å². The number of rotatable bonds is 3. The molecule has 2 rings (SSSR count). The third-order valence-corrected chi connectivity index (χ3v) is 3.37. The van der Waals surface area contributed by atoms with Gasteiger partial charge in [0.1, 0.15) is 17.2 Å². The summed E-state index contributed by atoms with van der Waals surface area (Å²) < 4.78 is 5.63. The number of nitrogens with two attached hydrogens (primary N) is 1. The second-order valence-corrected chi connectivity index (χ2v) is 4.62. The molecule has 0 saturated carbocycles. The quantitative estimate of drug-likeness (QED) is 0.847. The van der Waals surface area contributed by atoms with Crippen LogP contribution in [0.4, 0.5) is 0 Å². The Morgan fingerprint density at radius 3 is 2.67 bits per heavy atom. The third-order valence-electron chi connectivity index (χ3n) is 3.37. The van der Waals surface area contributed by atoms with Crippen molar-refractivity contribution in [3.8, 4) is 6.07 Å². The van der Waals surface area contributed by atoms with E-state index in [9.17, 15) is 10.4 Å². The van der Waals surface area contributed by atoms with Crippen molar-refractivity contribution >= 4 is 0 Å². The molecule has 0 fully saturated rings. The minimum absolute atomic E-state index is 0.00811. The average molecular weight is 244 g/mol. The highest BCUT2D eigenvalue weighted by Gasteiger charge is 2.46. The molecular weight excluding hydrogens is 228 g/mol. The molecule has 0 spiro atoms. The Bertz CT molecular complexity index is 504. The number of ether oxygens (including phenoxy) is 1. The second-order valence-electron chi connectivity index (χ2n) is 4.62. The molecule has 1 heterocycles. The van der Waals surface area contributed by atoms with Gasteiger partial charge in [0.2, 0.25) is 0 Å². The fourth-order valence-electron chi connectivity index (χ4n) is 2.51. The highest BCUT2D eigenvalue weighted by atomic mass is 16.5. The second kappa shape index (κ2) is 4.71. The molecule has 0 aromatic heterocycles. The normalized spacial score (nSPS) is 26.8. The molecular formula is C14H16N2O2. The molecule has 0 amide bonds. The first kappa shape index (κ1) is 12.5. The van der Waals surface area contributed by atoms with Gasteiger partial charge >= 0.3 is 0 Å². The van der Waals surface area contributed by atoms with Crippen molar-refractivity contribution < 1.29 is 9.84 Å². The molecule has 94 valence electrons. The molecule has 0 bridgehead atoms. The SMILES string of the molecule is CC1(CCO)OC(N)=C(C#N)C1c1ccccc1. The van der Waals surface area contributed by atoms with E-state index in [0.717, 1.165) is 5.56 Å². The predicted molar refractivity (Wildman–Crippen MR) is 67.2 cm³/mol. The van der Waals surface area contributed by atoms with E-state index in [-0.39, 0.29) is 18.4 Å². The molecule has 1 aromatic carbocycles. The van der Waals surface area contributed by atoms with Crippen LogP contribution in [0.5, 0.6) is 0 Å². The molecule has 0 aliphatic carbocycles. The first-order chi connectivity index (χ1) is 8.62. The maximum atomic E-state index is 9.24. The van der Waals surface area contributed by atoms with E-state index in [2.05, 4.69) is 6.07 Å². The lowest BCUT2D eigenvalue weighted by molar-refractivity contribution is 0.00767. The summed E-state index contributed by atoms with van der Waals surface area (Å²) in [5.74, 6) is -0.0573. The van der Waals surface area contributed by atoms with Gasteiger partial charge in [0, 0.05) is 13.0 Å². The lowest BCUT2D eigenvalue weighted by Gasteiger charge is -2.30. The zero-order chi connectivity index (χ0) is 13.2. The van der Waals surface area contributed by atoms with Crippen LogP contribution in [0.2, 0.25) is 0 Å². The van der Waals surface area contributed by atoms with E-state index < -0.39 is 5.60 Å². The molecule has 2 atom stereocenters. The monoisotopic (exact) mass is 244 g/mol. The van der Waals surface area contributed by atoms with Crippen molar-refractivity contribution in [2.24, 2.45) is 5.73 Å². The summed E-state index contributed by atoms with van der Waals surface area (Å²) in [7, 11) is 0. The van der Waals surface area contributed by atoms with Crippen molar-refractivity contribution in [2.45, 2.75) is 24.9 Å².